The minimum atomic E-state index is -0.309. The second kappa shape index (κ2) is 10.3. The van der Waals surface area contributed by atoms with Gasteiger partial charge in [0.15, 0.2) is 18.1 Å². The summed E-state index contributed by atoms with van der Waals surface area (Å²) in [5.74, 6) is 1.04. The summed E-state index contributed by atoms with van der Waals surface area (Å²) in [5, 5.41) is 5.46. The lowest BCUT2D eigenvalue weighted by molar-refractivity contribution is -0.123. The number of halogens is 1. The fourth-order valence-electron chi connectivity index (χ4n) is 3.37. The maximum absolute atomic E-state index is 13.3. The normalized spacial score (nSPS) is 10.8. The first-order valence-corrected chi connectivity index (χ1v) is 11.1. The van der Waals surface area contributed by atoms with Gasteiger partial charge >= 0.3 is 0 Å². The number of methoxy groups -OCH3 is 2. The second-order valence-corrected chi connectivity index (χ2v) is 7.95. The van der Waals surface area contributed by atoms with Crippen molar-refractivity contribution in [3.8, 4) is 28.5 Å². The lowest BCUT2D eigenvalue weighted by Gasteiger charge is -2.11. The lowest BCUT2D eigenvalue weighted by atomic mass is 10.1. The molecule has 0 aliphatic rings. The summed E-state index contributed by atoms with van der Waals surface area (Å²) < 4.78 is 29.6. The smallest absolute Gasteiger partial charge is 0.258 e. The van der Waals surface area contributed by atoms with Crippen LogP contribution in [0.2, 0.25) is 0 Å². The highest BCUT2D eigenvalue weighted by Crippen LogP contribution is 2.37. The number of fused-ring (bicyclic) bond motifs is 1. The van der Waals surface area contributed by atoms with Gasteiger partial charge in [-0.25, -0.2) is 14.4 Å². The average molecular weight is 468 g/mol. The predicted octanol–water partition coefficient (Wildman–Crippen LogP) is 4.25. The summed E-state index contributed by atoms with van der Waals surface area (Å²) in [6.45, 7) is 0.257. The summed E-state index contributed by atoms with van der Waals surface area (Å²) in [4.78, 5) is 21.6. The van der Waals surface area contributed by atoms with Gasteiger partial charge < -0.3 is 19.5 Å². The molecule has 0 aliphatic heterocycles. The Morgan fingerprint density at radius 3 is 2.61 bits per heavy atom. The van der Waals surface area contributed by atoms with Gasteiger partial charge in [0.1, 0.15) is 17.0 Å². The molecule has 4 aromatic rings. The fraction of sp³-hybridized carbons (Fsp3) is 0.208. The van der Waals surface area contributed by atoms with Gasteiger partial charge in [-0.05, 0) is 41.8 Å². The van der Waals surface area contributed by atoms with Crippen molar-refractivity contribution < 1.29 is 23.4 Å². The first-order valence-electron chi connectivity index (χ1n) is 10.2. The van der Waals surface area contributed by atoms with E-state index in [0.717, 1.165) is 21.5 Å². The third kappa shape index (κ3) is 5.20. The van der Waals surface area contributed by atoms with E-state index in [9.17, 15) is 9.18 Å². The Labute approximate surface area is 194 Å². The molecule has 0 radical (unpaired) electrons. The summed E-state index contributed by atoms with van der Waals surface area (Å²) in [5.41, 5.74) is 2.66. The van der Waals surface area contributed by atoms with Crippen LogP contribution in [-0.4, -0.2) is 43.2 Å². The number of rotatable bonds is 9. The topological polar surface area (TPSA) is 82.6 Å². The van der Waals surface area contributed by atoms with E-state index in [4.69, 9.17) is 14.2 Å². The monoisotopic (exact) mass is 467 g/mol. The highest BCUT2D eigenvalue weighted by molar-refractivity contribution is 7.17. The molecule has 0 saturated heterocycles. The number of amides is 1. The summed E-state index contributed by atoms with van der Waals surface area (Å²) in [7, 11) is 3.17. The zero-order chi connectivity index (χ0) is 23.2. The summed E-state index contributed by atoms with van der Waals surface area (Å²) >= 11 is 1.43. The highest BCUT2D eigenvalue weighted by Gasteiger charge is 2.15. The van der Waals surface area contributed by atoms with Crippen LogP contribution < -0.4 is 19.5 Å². The molecule has 9 heteroatoms. The van der Waals surface area contributed by atoms with Crippen molar-refractivity contribution in [2.24, 2.45) is 0 Å². The number of ether oxygens (including phenoxy) is 3. The van der Waals surface area contributed by atoms with Crippen molar-refractivity contribution >= 4 is 27.5 Å². The van der Waals surface area contributed by atoms with E-state index in [1.54, 1.807) is 26.4 Å². The van der Waals surface area contributed by atoms with Gasteiger partial charge in [0.25, 0.3) is 5.91 Å². The average Bonchev–Trinajstić information content (AvgIpc) is 3.28. The molecule has 0 atom stereocenters. The maximum Gasteiger partial charge on any atom is 0.258 e. The summed E-state index contributed by atoms with van der Waals surface area (Å²) in [6.07, 6.45) is 2.03. The van der Waals surface area contributed by atoms with Crippen LogP contribution in [0, 0.1) is 5.82 Å². The Balaban J connectivity index is 1.38. The Bertz CT molecular complexity index is 1260. The van der Waals surface area contributed by atoms with Crippen molar-refractivity contribution in [3.05, 3.63) is 65.6 Å². The van der Waals surface area contributed by atoms with Crippen molar-refractivity contribution in [1.82, 2.24) is 15.3 Å². The molecule has 0 saturated carbocycles. The third-order valence-electron chi connectivity index (χ3n) is 5.01. The van der Waals surface area contributed by atoms with Crippen LogP contribution in [0.4, 0.5) is 4.39 Å². The van der Waals surface area contributed by atoms with Gasteiger partial charge in [0.2, 0.25) is 5.88 Å². The van der Waals surface area contributed by atoms with Gasteiger partial charge in [-0.3, -0.25) is 4.79 Å². The molecule has 33 heavy (non-hydrogen) atoms. The van der Waals surface area contributed by atoms with Crippen LogP contribution in [0.15, 0.2) is 54.2 Å². The first-order chi connectivity index (χ1) is 16.1. The highest BCUT2D eigenvalue weighted by atomic mass is 32.1. The predicted molar refractivity (Wildman–Crippen MR) is 125 cm³/mol. The van der Waals surface area contributed by atoms with Crippen LogP contribution in [0.1, 0.15) is 5.56 Å². The molecule has 4 rings (SSSR count). The molecule has 0 fully saturated rings. The Morgan fingerprint density at radius 1 is 1.06 bits per heavy atom. The molecule has 0 bridgehead atoms. The van der Waals surface area contributed by atoms with Crippen molar-refractivity contribution in [2.45, 2.75) is 6.42 Å². The molecule has 7 nitrogen and oxygen atoms in total. The van der Waals surface area contributed by atoms with E-state index >= 15 is 0 Å². The van der Waals surface area contributed by atoms with Crippen molar-refractivity contribution in [1.29, 1.82) is 0 Å². The number of nitrogens with zero attached hydrogens (tertiary/aromatic N) is 2. The second-order valence-electron chi connectivity index (χ2n) is 7.09. The standard InChI is InChI=1S/C24H22FN3O4S/c1-30-19-8-3-15(11-20(19)31-2)9-10-26-21(29)12-32-23-22-18(13-33-24(22)28-14-27-23)16-4-6-17(25)7-5-16/h3-8,11,13-14H,9-10,12H2,1-2H3,(H,26,29). The van der Waals surface area contributed by atoms with E-state index in [2.05, 4.69) is 15.3 Å². The molecule has 1 N–H and O–H groups in total. The largest absolute Gasteiger partial charge is 0.493 e. The maximum atomic E-state index is 13.3. The summed E-state index contributed by atoms with van der Waals surface area (Å²) in [6, 6.07) is 11.8. The first kappa shape index (κ1) is 22.5. The number of hydrogen-bond donors (Lipinski definition) is 1. The van der Waals surface area contributed by atoms with Gasteiger partial charge in [0.05, 0.1) is 19.6 Å². The number of benzene rings is 2. The van der Waals surface area contributed by atoms with E-state index in [1.807, 2.05) is 23.6 Å². The number of carbonyl (C=O) groups is 1. The van der Waals surface area contributed by atoms with Crippen molar-refractivity contribution in [2.75, 3.05) is 27.4 Å². The number of nitrogens with one attached hydrogen (secondary N) is 1. The molecule has 170 valence electrons. The minimum Gasteiger partial charge on any atom is -0.493 e. The Morgan fingerprint density at radius 2 is 1.85 bits per heavy atom. The SMILES string of the molecule is COc1ccc(CCNC(=O)COc2ncnc3scc(-c4ccc(F)cc4)c23)cc1OC. The minimum absolute atomic E-state index is 0.184. The van der Waals surface area contributed by atoms with Gasteiger partial charge in [-0.15, -0.1) is 11.3 Å². The number of carbonyl (C=O) groups excluding carboxylic acids is 1. The molecular formula is C24H22FN3O4S. The molecule has 0 aliphatic carbocycles. The molecular weight excluding hydrogens is 445 g/mol. The van der Waals surface area contributed by atoms with Gasteiger partial charge in [-0.1, -0.05) is 18.2 Å². The van der Waals surface area contributed by atoms with E-state index in [1.165, 1.54) is 29.8 Å². The Kier molecular flexibility index (Phi) is 6.99. The van der Waals surface area contributed by atoms with Crippen LogP contribution in [0.5, 0.6) is 17.4 Å². The van der Waals surface area contributed by atoms with E-state index in [-0.39, 0.29) is 18.3 Å². The zero-order valence-electron chi connectivity index (χ0n) is 18.1. The van der Waals surface area contributed by atoms with Gasteiger partial charge in [-0.2, -0.15) is 0 Å². The van der Waals surface area contributed by atoms with Crippen LogP contribution in [0.3, 0.4) is 0 Å². The lowest BCUT2D eigenvalue weighted by Crippen LogP contribution is -2.30. The zero-order valence-corrected chi connectivity index (χ0v) is 18.9. The van der Waals surface area contributed by atoms with E-state index < -0.39 is 0 Å². The quantitative estimate of drug-likeness (QED) is 0.396. The molecule has 0 unspecified atom stereocenters. The van der Waals surface area contributed by atoms with Crippen molar-refractivity contribution in [3.63, 3.8) is 0 Å². The van der Waals surface area contributed by atoms with Crippen LogP contribution in [-0.2, 0) is 11.2 Å². The number of hydrogen-bond acceptors (Lipinski definition) is 7. The third-order valence-corrected chi connectivity index (χ3v) is 5.90. The van der Waals surface area contributed by atoms with Crippen LogP contribution >= 0.6 is 11.3 Å². The van der Waals surface area contributed by atoms with E-state index in [0.29, 0.717) is 35.7 Å². The van der Waals surface area contributed by atoms with Gasteiger partial charge in [0, 0.05) is 17.5 Å². The molecule has 2 heterocycles. The molecule has 2 aromatic carbocycles. The number of thiophene rings is 1. The van der Waals surface area contributed by atoms with Crippen LogP contribution in [0.25, 0.3) is 21.3 Å². The number of aromatic nitrogens is 2. The molecule has 0 spiro atoms. The Hall–Kier alpha value is -3.72. The molecule has 1 amide bonds. The molecule has 2 aromatic heterocycles. The fourth-order valence-corrected chi connectivity index (χ4v) is 4.27.